The normalized spacial score (nSPS) is 16.6. The molecule has 0 bridgehead atoms. The van der Waals surface area contributed by atoms with Crippen molar-refractivity contribution < 1.29 is 8.42 Å². The number of hydrogen-bond donors (Lipinski definition) is 0. The van der Waals surface area contributed by atoms with Crippen molar-refractivity contribution in [1.82, 2.24) is 28.9 Å². The van der Waals surface area contributed by atoms with E-state index in [2.05, 4.69) is 28.6 Å². The van der Waals surface area contributed by atoms with E-state index in [-0.39, 0.29) is 0 Å². The van der Waals surface area contributed by atoms with Crippen LogP contribution >= 0.6 is 11.8 Å². The average molecular weight is 487 g/mol. The molecule has 10 heteroatoms. The van der Waals surface area contributed by atoms with Gasteiger partial charge in [-0.05, 0) is 61.6 Å². The molecule has 8 nitrogen and oxygen atoms in total. The Morgan fingerprint density at radius 2 is 1.85 bits per heavy atom. The van der Waals surface area contributed by atoms with Crippen LogP contribution in [0.15, 0.2) is 28.3 Å². The van der Waals surface area contributed by atoms with Crippen LogP contribution in [0, 0.1) is 0 Å². The number of aromatic nitrogens is 5. The monoisotopic (exact) mass is 486 g/mol. The third-order valence-electron chi connectivity index (χ3n) is 6.68. The molecular formula is C23H30N6O2S2. The van der Waals surface area contributed by atoms with Crippen molar-refractivity contribution in [2.45, 2.75) is 69.1 Å². The molecule has 5 rings (SSSR count). The van der Waals surface area contributed by atoms with E-state index in [0.29, 0.717) is 30.2 Å². The molecule has 0 N–H and O–H groups in total. The minimum absolute atomic E-state index is 0.296. The van der Waals surface area contributed by atoms with E-state index in [1.807, 2.05) is 23.9 Å². The molecule has 1 aromatic carbocycles. The highest BCUT2D eigenvalue weighted by Gasteiger charge is 2.34. The highest BCUT2D eigenvalue weighted by Crippen LogP contribution is 2.33. The fraction of sp³-hybridized carbons (Fsp3) is 0.522. The van der Waals surface area contributed by atoms with Crippen LogP contribution < -0.4 is 0 Å². The first-order valence-electron chi connectivity index (χ1n) is 11.7. The van der Waals surface area contributed by atoms with E-state index in [1.54, 1.807) is 22.1 Å². The highest BCUT2D eigenvalue weighted by atomic mass is 32.2. The first-order chi connectivity index (χ1) is 15.9. The van der Waals surface area contributed by atoms with E-state index in [9.17, 15) is 8.42 Å². The number of thioether (sulfide) groups is 1. The predicted octanol–water partition coefficient (Wildman–Crippen LogP) is 3.44. The molecule has 0 amide bonds. The van der Waals surface area contributed by atoms with Crippen molar-refractivity contribution in [2.24, 2.45) is 7.05 Å². The highest BCUT2D eigenvalue weighted by molar-refractivity contribution is 7.99. The lowest BCUT2D eigenvalue weighted by Crippen LogP contribution is -2.36. The van der Waals surface area contributed by atoms with E-state index in [4.69, 9.17) is 5.10 Å². The number of fused-ring (bicyclic) bond motifs is 2. The summed E-state index contributed by atoms with van der Waals surface area (Å²) in [4.78, 5) is 0.399. The van der Waals surface area contributed by atoms with Crippen LogP contribution in [-0.2, 0) is 49.4 Å². The van der Waals surface area contributed by atoms with Gasteiger partial charge in [-0.1, -0.05) is 24.8 Å². The Hall–Kier alpha value is -2.17. The van der Waals surface area contributed by atoms with Gasteiger partial charge in [0.2, 0.25) is 10.0 Å². The maximum Gasteiger partial charge on any atom is 0.243 e. The molecule has 0 saturated carbocycles. The van der Waals surface area contributed by atoms with Gasteiger partial charge in [0.05, 0.1) is 4.90 Å². The molecule has 0 unspecified atom stereocenters. The molecule has 3 heterocycles. The smallest absolute Gasteiger partial charge is 0.243 e. The lowest BCUT2D eigenvalue weighted by Gasteiger charge is -2.27. The van der Waals surface area contributed by atoms with E-state index < -0.39 is 10.0 Å². The fourth-order valence-electron chi connectivity index (χ4n) is 4.96. The third kappa shape index (κ3) is 3.91. The number of aryl methyl sites for hydroxylation is 3. The topological polar surface area (TPSA) is 85.9 Å². The van der Waals surface area contributed by atoms with Gasteiger partial charge in [0.1, 0.15) is 5.69 Å². The van der Waals surface area contributed by atoms with Crippen molar-refractivity contribution in [2.75, 3.05) is 12.3 Å². The van der Waals surface area contributed by atoms with Crippen LogP contribution in [0.4, 0.5) is 0 Å². The quantitative estimate of drug-likeness (QED) is 0.496. The summed E-state index contributed by atoms with van der Waals surface area (Å²) in [5.41, 5.74) is 5.20. The van der Waals surface area contributed by atoms with Gasteiger partial charge in [-0.2, -0.15) is 9.40 Å². The largest absolute Gasteiger partial charge is 0.301 e. The summed E-state index contributed by atoms with van der Waals surface area (Å²) >= 11 is 1.65. The van der Waals surface area contributed by atoms with Crippen LogP contribution in [0.2, 0.25) is 0 Å². The summed E-state index contributed by atoms with van der Waals surface area (Å²) in [6.07, 6.45) is 4.93. The Morgan fingerprint density at radius 3 is 2.61 bits per heavy atom. The zero-order valence-corrected chi connectivity index (χ0v) is 21.0. The summed E-state index contributed by atoms with van der Waals surface area (Å²) in [5.74, 6) is 1.61. The van der Waals surface area contributed by atoms with Crippen molar-refractivity contribution in [3.63, 3.8) is 0 Å². The van der Waals surface area contributed by atoms with Gasteiger partial charge >= 0.3 is 0 Å². The summed E-state index contributed by atoms with van der Waals surface area (Å²) in [5, 5.41) is 14.4. The minimum Gasteiger partial charge on any atom is -0.301 e. The molecule has 176 valence electrons. The lowest BCUT2D eigenvalue weighted by molar-refractivity contribution is 0.386. The molecule has 2 aliphatic rings. The Kier molecular flexibility index (Phi) is 6.09. The number of benzene rings is 1. The van der Waals surface area contributed by atoms with Gasteiger partial charge < -0.3 is 4.57 Å². The zero-order valence-electron chi connectivity index (χ0n) is 19.4. The van der Waals surface area contributed by atoms with Crippen molar-refractivity contribution in [3.8, 4) is 11.5 Å². The second kappa shape index (κ2) is 8.88. The summed E-state index contributed by atoms with van der Waals surface area (Å²) in [6, 6.07) is 5.68. The summed E-state index contributed by atoms with van der Waals surface area (Å²) in [7, 11) is -1.68. The van der Waals surface area contributed by atoms with Gasteiger partial charge in [0, 0.05) is 44.4 Å². The third-order valence-corrected chi connectivity index (χ3v) is 9.37. The van der Waals surface area contributed by atoms with E-state index in [0.717, 1.165) is 53.7 Å². The molecule has 0 atom stereocenters. The average Bonchev–Trinajstić information content (AvgIpc) is 3.38. The number of rotatable bonds is 6. The lowest BCUT2D eigenvalue weighted by atomic mass is 9.92. The van der Waals surface area contributed by atoms with Crippen LogP contribution in [0.25, 0.3) is 11.5 Å². The molecular weight excluding hydrogens is 456 g/mol. The second-order valence-corrected chi connectivity index (χ2v) is 11.8. The van der Waals surface area contributed by atoms with Crippen LogP contribution in [-0.4, -0.2) is 49.6 Å². The number of sulfonamides is 1. The SMILES string of the molecule is CCSc1nnc(-c2nn(C)c3c2CN(S(=O)(=O)c2ccc4c(c2)CCCC4)CC3)n1CC. The predicted molar refractivity (Wildman–Crippen MR) is 129 cm³/mol. The summed E-state index contributed by atoms with van der Waals surface area (Å²) in [6.45, 7) is 5.63. The Bertz CT molecular complexity index is 1290. The van der Waals surface area contributed by atoms with Crippen LogP contribution in [0.5, 0.6) is 0 Å². The van der Waals surface area contributed by atoms with Gasteiger partial charge in [-0.3, -0.25) is 4.68 Å². The van der Waals surface area contributed by atoms with Crippen molar-refractivity contribution in [3.05, 3.63) is 40.6 Å². The number of nitrogens with zero attached hydrogens (tertiary/aromatic N) is 6. The molecule has 1 aliphatic carbocycles. The Balaban J connectivity index is 1.50. The van der Waals surface area contributed by atoms with E-state index in [1.165, 1.54) is 17.5 Å². The number of hydrogen-bond acceptors (Lipinski definition) is 6. The maximum atomic E-state index is 13.6. The van der Waals surface area contributed by atoms with Gasteiger partial charge in [0.15, 0.2) is 11.0 Å². The first kappa shape index (κ1) is 22.6. The van der Waals surface area contributed by atoms with Crippen molar-refractivity contribution in [1.29, 1.82) is 0 Å². The first-order valence-corrected chi connectivity index (χ1v) is 14.1. The molecule has 1 aliphatic heterocycles. The fourth-order valence-corrected chi connectivity index (χ4v) is 7.14. The van der Waals surface area contributed by atoms with Crippen molar-refractivity contribution >= 4 is 21.8 Å². The molecule has 33 heavy (non-hydrogen) atoms. The second-order valence-electron chi connectivity index (χ2n) is 8.61. The Morgan fingerprint density at radius 1 is 1.06 bits per heavy atom. The van der Waals surface area contributed by atoms with Gasteiger partial charge in [-0.15, -0.1) is 10.2 Å². The van der Waals surface area contributed by atoms with Crippen LogP contribution in [0.1, 0.15) is 49.1 Å². The van der Waals surface area contributed by atoms with Gasteiger partial charge in [0.25, 0.3) is 0 Å². The molecule has 0 fully saturated rings. The van der Waals surface area contributed by atoms with Gasteiger partial charge in [-0.25, -0.2) is 8.42 Å². The minimum atomic E-state index is -3.60. The maximum absolute atomic E-state index is 13.6. The standard InChI is InChI=1S/C23H30N6O2S2/c1-4-29-22(24-25-23(29)32-5-2)21-19-15-28(13-12-20(19)27(3)26-21)33(30,31)18-11-10-16-8-6-7-9-17(16)14-18/h10-11,14H,4-9,12-13,15H2,1-3H3. The van der Waals surface area contributed by atoms with Crippen LogP contribution in [0.3, 0.4) is 0 Å². The van der Waals surface area contributed by atoms with E-state index >= 15 is 0 Å². The molecule has 0 radical (unpaired) electrons. The Labute approximate surface area is 199 Å². The molecule has 0 saturated heterocycles. The molecule has 0 spiro atoms. The summed E-state index contributed by atoms with van der Waals surface area (Å²) < 4.78 is 32.8. The molecule has 2 aromatic heterocycles. The zero-order chi connectivity index (χ0) is 23.2. The molecule has 3 aromatic rings.